The van der Waals surface area contributed by atoms with Crippen LogP contribution in [0.3, 0.4) is 0 Å². The maximum Gasteiger partial charge on any atom is 0.338 e. The lowest BCUT2D eigenvalue weighted by Crippen LogP contribution is -2.28. The molecule has 1 amide bonds. The molecule has 1 N–H and O–H groups in total. The molecule has 0 saturated heterocycles. The van der Waals surface area contributed by atoms with Gasteiger partial charge in [0.2, 0.25) is 5.75 Å². The summed E-state index contributed by atoms with van der Waals surface area (Å²) < 4.78 is 21.0. The highest BCUT2D eigenvalue weighted by molar-refractivity contribution is 5.91. The molecule has 0 heterocycles. The smallest absolute Gasteiger partial charge is 0.338 e. The predicted octanol–water partition coefficient (Wildman–Crippen LogP) is 3.38. The van der Waals surface area contributed by atoms with Crippen molar-refractivity contribution in [2.45, 2.75) is 26.8 Å². The van der Waals surface area contributed by atoms with Crippen molar-refractivity contribution in [3.8, 4) is 17.2 Å². The van der Waals surface area contributed by atoms with Gasteiger partial charge in [0.1, 0.15) is 0 Å². The van der Waals surface area contributed by atoms with E-state index in [1.165, 1.54) is 21.3 Å². The Bertz CT molecular complexity index is 835. The van der Waals surface area contributed by atoms with Crippen molar-refractivity contribution in [3.63, 3.8) is 0 Å². The summed E-state index contributed by atoms with van der Waals surface area (Å²) in [5.41, 5.74) is 2.33. The Morgan fingerprint density at radius 2 is 1.50 bits per heavy atom. The average molecular weight is 415 g/mol. The van der Waals surface area contributed by atoms with Crippen LogP contribution in [0.1, 0.15) is 35.3 Å². The van der Waals surface area contributed by atoms with Crippen LogP contribution in [0.4, 0.5) is 0 Å². The molecule has 0 unspecified atom stereocenters. The van der Waals surface area contributed by atoms with Crippen LogP contribution < -0.4 is 19.5 Å². The maximum atomic E-state index is 12.1. The van der Waals surface area contributed by atoms with Crippen LogP contribution in [-0.4, -0.2) is 39.8 Å². The van der Waals surface area contributed by atoms with E-state index >= 15 is 0 Å². The largest absolute Gasteiger partial charge is 0.493 e. The second-order valence-corrected chi connectivity index (χ2v) is 7.18. The Balaban J connectivity index is 1.88. The van der Waals surface area contributed by atoms with E-state index in [0.717, 1.165) is 17.5 Å². The molecule has 0 saturated carbocycles. The zero-order valence-corrected chi connectivity index (χ0v) is 18.1. The molecule has 162 valence electrons. The molecule has 7 nitrogen and oxygen atoms in total. The lowest BCUT2D eigenvalue weighted by Gasteiger charge is -2.14. The summed E-state index contributed by atoms with van der Waals surface area (Å²) in [6.07, 6.45) is 0.943. The lowest BCUT2D eigenvalue weighted by atomic mass is 10.0. The molecule has 7 heteroatoms. The fourth-order valence-electron chi connectivity index (χ4n) is 2.95. The number of carbonyl (C=O) groups is 2. The van der Waals surface area contributed by atoms with Crippen LogP contribution in [-0.2, 0) is 22.5 Å². The molecular weight excluding hydrogens is 386 g/mol. The number of esters is 1. The molecule has 0 fully saturated rings. The molecule has 2 aromatic carbocycles. The van der Waals surface area contributed by atoms with Crippen LogP contribution in [0.25, 0.3) is 0 Å². The average Bonchev–Trinajstić information content (AvgIpc) is 2.75. The van der Waals surface area contributed by atoms with Gasteiger partial charge in [-0.15, -0.1) is 0 Å². The number of benzene rings is 2. The fourth-order valence-corrected chi connectivity index (χ4v) is 2.95. The van der Waals surface area contributed by atoms with E-state index in [0.29, 0.717) is 28.7 Å². The monoisotopic (exact) mass is 415 g/mol. The first-order chi connectivity index (χ1) is 14.4. The first-order valence-electron chi connectivity index (χ1n) is 9.69. The number of amides is 1. The van der Waals surface area contributed by atoms with Crippen molar-refractivity contribution in [2.75, 3.05) is 27.9 Å². The Hall–Kier alpha value is -3.22. The summed E-state index contributed by atoms with van der Waals surface area (Å²) in [7, 11) is 4.57. The molecule has 0 spiro atoms. The molecule has 0 aliphatic carbocycles. The highest BCUT2D eigenvalue weighted by Crippen LogP contribution is 2.38. The van der Waals surface area contributed by atoms with Gasteiger partial charge in [0.25, 0.3) is 5.91 Å². The van der Waals surface area contributed by atoms with Gasteiger partial charge in [0.15, 0.2) is 18.1 Å². The van der Waals surface area contributed by atoms with Crippen molar-refractivity contribution in [1.29, 1.82) is 0 Å². The number of hydrogen-bond donors (Lipinski definition) is 1. The molecular formula is C23H29NO6. The van der Waals surface area contributed by atoms with Crippen LogP contribution in [0, 0.1) is 5.92 Å². The summed E-state index contributed by atoms with van der Waals surface area (Å²) >= 11 is 0. The van der Waals surface area contributed by atoms with Crippen LogP contribution in [0.5, 0.6) is 17.2 Å². The van der Waals surface area contributed by atoms with Gasteiger partial charge in [-0.05, 0) is 47.7 Å². The summed E-state index contributed by atoms with van der Waals surface area (Å²) in [6, 6.07) is 10.7. The molecule has 30 heavy (non-hydrogen) atoms. The minimum atomic E-state index is -0.533. The van der Waals surface area contributed by atoms with E-state index in [-0.39, 0.29) is 13.2 Å². The van der Waals surface area contributed by atoms with Crippen LogP contribution in [0.15, 0.2) is 36.4 Å². The predicted molar refractivity (Wildman–Crippen MR) is 113 cm³/mol. The normalized spacial score (nSPS) is 10.5. The van der Waals surface area contributed by atoms with E-state index in [1.54, 1.807) is 24.3 Å². The van der Waals surface area contributed by atoms with Crippen LogP contribution in [0.2, 0.25) is 0 Å². The first kappa shape index (κ1) is 23.1. The third kappa shape index (κ3) is 6.40. The molecule has 0 aliphatic rings. The standard InChI is InChI=1S/C23H29NO6/c1-15(2)10-16-6-8-18(9-7-16)23(26)30-14-21(25)24-13-17-11-19(27-3)22(29-5)20(12-17)28-4/h6-9,11-12,15H,10,13-14H2,1-5H3,(H,24,25). The van der Waals surface area contributed by atoms with Crippen molar-refractivity contribution >= 4 is 11.9 Å². The first-order valence-corrected chi connectivity index (χ1v) is 9.69. The Labute approximate surface area is 177 Å². The second-order valence-electron chi connectivity index (χ2n) is 7.18. The molecule has 2 rings (SSSR count). The second kappa shape index (κ2) is 11.1. The van der Waals surface area contributed by atoms with Crippen LogP contribution >= 0.6 is 0 Å². The fraction of sp³-hybridized carbons (Fsp3) is 0.391. The van der Waals surface area contributed by atoms with Crippen molar-refractivity contribution in [1.82, 2.24) is 5.32 Å². The number of methoxy groups -OCH3 is 3. The van der Waals surface area contributed by atoms with Gasteiger partial charge in [-0.25, -0.2) is 4.79 Å². The summed E-state index contributed by atoms with van der Waals surface area (Å²) in [5.74, 6) is 1.06. The van der Waals surface area contributed by atoms with Crippen molar-refractivity contribution in [2.24, 2.45) is 5.92 Å². The third-order valence-electron chi connectivity index (χ3n) is 4.38. The van der Waals surface area contributed by atoms with Gasteiger partial charge in [-0.1, -0.05) is 26.0 Å². The SMILES string of the molecule is COc1cc(CNC(=O)COC(=O)c2ccc(CC(C)C)cc2)cc(OC)c1OC. The summed E-state index contributed by atoms with van der Waals surface area (Å²) in [5, 5.41) is 2.71. The van der Waals surface area contributed by atoms with Gasteiger partial charge >= 0.3 is 5.97 Å². The highest BCUT2D eigenvalue weighted by Gasteiger charge is 2.14. The van der Waals surface area contributed by atoms with Gasteiger partial charge in [0.05, 0.1) is 26.9 Å². The molecule has 0 aromatic heterocycles. The van der Waals surface area contributed by atoms with Gasteiger partial charge < -0.3 is 24.3 Å². The van der Waals surface area contributed by atoms with E-state index in [9.17, 15) is 9.59 Å². The number of hydrogen-bond acceptors (Lipinski definition) is 6. The van der Waals surface area contributed by atoms with E-state index in [2.05, 4.69) is 19.2 Å². The Kier molecular flexibility index (Phi) is 8.53. The Morgan fingerprint density at radius 3 is 2.00 bits per heavy atom. The van der Waals surface area contributed by atoms with E-state index < -0.39 is 11.9 Å². The minimum Gasteiger partial charge on any atom is -0.493 e. The minimum absolute atomic E-state index is 0.219. The summed E-state index contributed by atoms with van der Waals surface area (Å²) in [4.78, 5) is 24.2. The quantitative estimate of drug-likeness (QED) is 0.599. The number of nitrogens with one attached hydrogen (secondary N) is 1. The third-order valence-corrected chi connectivity index (χ3v) is 4.38. The van der Waals surface area contributed by atoms with Gasteiger partial charge in [-0.2, -0.15) is 0 Å². The van der Waals surface area contributed by atoms with E-state index in [1.807, 2.05) is 12.1 Å². The molecule has 0 radical (unpaired) electrons. The Morgan fingerprint density at radius 1 is 0.900 bits per heavy atom. The zero-order chi connectivity index (χ0) is 22.1. The number of ether oxygens (including phenoxy) is 4. The number of carbonyl (C=O) groups excluding carboxylic acids is 2. The topological polar surface area (TPSA) is 83.1 Å². The molecule has 0 aliphatic heterocycles. The molecule has 0 bridgehead atoms. The molecule has 2 aromatic rings. The van der Waals surface area contributed by atoms with E-state index in [4.69, 9.17) is 18.9 Å². The maximum absolute atomic E-state index is 12.1. The highest BCUT2D eigenvalue weighted by atomic mass is 16.5. The lowest BCUT2D eigenvalue weighted by molar-refractivity contribution is -0.124. The molecule has 0 atom stereocenters. The van der Waals surface area contributed by atoms with Gasteiger partial charge in [0, 0.05) is 6.54 Å². The van der Waals surface area contributed by atoms with Gasteiger partial charge in [-0.3, -0.25) is 4.79 Å². The van der Waals surface area contributed by atoms with Crippen molar-refractivity contribution < 1.29 is 28.5 Å². The number of rotatable bonds is 10. The van der Waals surface area contributed by atoms with Crippen molar-refractivity contribution in [3.05, 3.63) is 53.1 Å². The summed E-state index contributed by atoms with van der Waals surface area (Å²) in [6.45, 7) is 4.13. The zero-order valence-electron chi connectivity index (χ0n) is 18.1.